The number of ether oxygens (including phenoxy) is 1. The van der Waals surface area contributed by atoms with Crippen molar-refractivity contribution in [1.82, 2.24) is 4.98 Å². The largest absolute Gasteiger partial charge is 0.496 e. The van der Waals surface area contributed by atoms with E-state index in [9.17, 15) is 0 Å². The normalized spacial score (nSPS) is 10.6. The molecule has 0 saturated carbocycles. The molecule has 0 bridgehead atoms. The molecule has 0 radical (unpaired) electrons. The van der Waals surface area contributed by atoms with Gasteiger partial charge in [-0.25, -0.2) is 0 Å². The molecule has 0 aliphatic heterocycles. The maximum absolute atomic E-state index is 5.27. The highest BCUT2D eigenvalue weighted by Gasteiger charge is 2.04. The van der Waals surface area contributed by atoms with E-state index in [2.05, 4.69) is 18.0 Å². The first-order valence-corrected chi connectivity index (χ1v) is 4.49. The van der Waals surface area contributed by atoms with E-state index in [1.165, 1.54) is 16.5 Å². The van der Waals surface area contributed by atoms with Crippen LogP contribution in [0.3, 0.4) is 0 Å². The van der Waals surface area contributed by atoms with Crippen LogP contribution in [0.2, 0.25) is 0 Å². The molecule has 2 aromatic rings. The Hall–Kier alpha value is -1.44. The molecule has 0 unspecified atom stereocenters. The van der Waals surface area contributed by atoms with E-state index in [1.54, 1.807) is 7.11 Å². The van der Waals surface area contributed by atoms with Crippen molar-refractivity contribution in [3.8, 4) is 5.75 Å². The van der Waals surface area contributed by atoms with Crippen molar-refractivity contribution in [3.63, 3.8) is 0 Å². The van der Waals surface area contributed by atoms with E-state index in [1.807, 2.05) is 18.3 Å². The second kappa shape index (κ2) is 3.13. The Morgan fingerprint density at radius 1 is 1.31 bits per heavy atom. The van der Waals surface area contributed by atoms with Crippen molar-refractivity contribution < 1.29 is 4.74 Å². The number of H-pyrrole nitrogens is 1. The molecule has 1 aromatic heterocycles. The monoisotopic (exact) mass is 175 g/mol. The number of hydrogen-bond donors (Lipinski definition) is 1. The Labute approximate surface area is 77.5 Å². The molecule has 1 heterocycles. The highest BCUT2D eigenvalue weighted by atomic mass is 16.5. The molecule has 0 atom stereocenters. The molecule has 2 nitrogen and oxygen atoms in total. The van der Waals surface area contributed by atoms with Gasteiger partial charge in [-0.3, -0.25) is 0 Å². The van der Waals surface area contributed by atoms with Crippen molar-refractivity contribution in [2.75, 3.05) is 7.11 Å². The van der Waals surface area contributed by atoms with Gasteiger partial charge in [0.25, 0.3) is 0 Å². The fourth-order valence-corrected chi connectivity index (χ4v) is 1.66. The summed E-state index contributed by atoms with van der Waals surface area (Å²) in [6.45, 7) is 2.15. The maximum atomic E-state index is 5.27. The van der Waals surface area contributed by atoms with Crippen LogP contribution >= 0.6 is 0 Å². The van der Waals surface area contributed by atoms with Crippen LogP contribution in [0.1, 0.15) is 12.5 Å². The molecule has 13 heavy (non-hydrogen) atoms. The van der Waals surface area contributed by atoms with Crippen LogP contribution in [-0.4, -0.2) is 12.1 Å². The lowest BCUT2D eigenvalue weighted by atomic mass is 10.1. The molecule has 1 N–H and O–H groups in total. The minimum Gasteiger partial charge on any atom is -0.496 e. The van der Waals surface area contributed by atoms with Crippen LogP contribution in [0.5, 0.6) is 5.75 Å². The zero-order chi connectivity index (χ0) is 9.26. The van der Waals surface area contributed by atoms with Crippen LogP contribution in [-0.2, 0) is 6.42 Å². The number of aryl methyl sites for hydroxylation is 1. The molecular weight excluding hydrogens is 162 g/mol. The van der Waals surface area contributed by atoms with Crippen molar-refractivity contribution in [2.45, 2.75) is 13.3 Å². The molecule has 68 valence electrons. The standard InChI is InChI=1S/C11H13NO/c1-3-8-4-5-10(13-2)9-6-7-12-11(8)9/h4-7,12H,3H2,1-2H3. The van der Waals surface area contributed by atoms with Gasteiger partial charge in [0.1, 0.15) is 5.75 Å². The number of hydrogen-bond acceptors (Lipinski definition) is 1. The zero-order valence-electron chi connectivity index (χ0n) is 7.92. The van der Waals surface area contributed by atoms with E-state index in [0.29, 0.717) is 0 Å². The number of aromatic amines is 1. The number of benzene rings is 1. The Bertz CT molecular complexity index is 379. The number of fused-ring (bicyclic) bond motifs is 1. The fourth-order valence-electron chi connectivity index (χ4n) is 1.66. The topological polar surface area (TPSA) is 25.0 Å². The van der Waals surface area contributed by atoms with Gasteiger partial charge in [-0.15, -0.1) is 0 Å². The number of aromatic nitrogens is 1. The first kappa shape index (κ1) is 8.17. The van der Waals surface area contributed by atoms with E-state index >= 15 is 0 Å². The summed E-state index contributed by atoms with van der Waals surface area (Å²) in [5, 5.41) is 1.17. The Morgan fingerprint density at radius 3 is 2.85 bits per heavy atom. The highest BCUT2D eigenvalue weighted by molar-refractivity contribution is 5.88. The maximum Gasteiger partial charge on any atom is 0.128 e. The minimum atomic E-state index is 0.938. The van der Waals surface area contributed by atoms with Crippen LogP contribution in [0.25, 0.3) is 10.9 Å². The SMILES string of the molecule is CCc1ccc(OC)c2cc[nH]c12. The van der Waals surface area contributed by atoms with Gasteiger partial charge in [-0.05, 0) is 24.1 Å². The fraction of sp³-hybridized carbons (Fsp3) is 0.273. The highest BCUT2D eigenvalue weighted by Crippen LogP contribution is 2.27. The second-order valence-corrected chi connectivity index (χ2v) is 3.05. The summed E-state index contributed by atoms with van der Waals surface area (Å²) >= 11 is 0. The van der Waals surface area contributed by atoms with Gasteiger partial charge in [-0.1, -0.05) is 13.0 Å². The number of methoxy groups -OCH3 is 1. The predicted octanol–water partition coefficient (Wildman–Crippen LogP) is 2.74. The quantitative estimate of drug-likeness (QED) is 0.745. The lowest BCUT2D eigenvalue weighted by molar-refractivity contribution is 0.420. The Morgan fingerprint density at radius 2 is 2.15 bits per heavy atom. The molecule has 2 heteroatoms. The van der Waals surface area contributed by atoms with Crippen molar-refractivity contribution in [2.24, 2.45) is 0 Å². The van der Waals surface area contributed by atoms with E-state index in [4.69, 9.17) is 4.74 Å². The minimum absolute atomic E-state index is 0.938. The molecule has 0 aliphatic carbocycles. The second-order valence-electron chi connectivity index (χ2n) is 3.05. The van der Waals surface area contributed by atoms with Crippen LogP contribution in [0, 0.1) is 0 Å². The Kier molecular flexibility index (Phi) is 1.97. The van der Waals surface area contributed by atoms with Crippen molar-refractivity contribution in [3.05, 3.63) is 30.0 Å². The summed E-state index contributed by atoms with van der Waals surface area (Å²) in [6, 6.07) is 6.18. The van der Waals surface area contributed by atoms with E-state index in [0.717, 1.165) is 12.2 Å². The van der Waals surface area contributed by atoms with E-state index in [-0.39, 0.29) is 0 Å². The zero-order valence-corrected chi connectivity index (χ0v) is 7.92. The van der Waals surface area contributed by atoms with Crippen LogP contribution < -0.4 is 4.74 Å². The molecule has 1 aromatic carbocycles. The average Bonchev–Trinajstić information content (AvgIpc) is 2.64. The Balaban J connectivity index is 2.74. The van der Waals surface area contributed by atoms with Crippen LogP contribution in [0.15, 0.2) is 24.4 Å². The van der Waals surface area contributed by atoms with E-state index < -0.39 is 0 Å². The average molecular weight is 175 g/mol. The summed E-state index contributed by atoms with van der Waals surface area (Å²) in [6.07, 6.45) is 2.99. The van der Waals surface area contributed by atoms with Gasteiger partial charge < -0.3 is 9.72 Å². The first-order chi connectivity index (χ1) is 6.36. The molecule has 0 saturated heterocycles. The molecule has 0 fully saturated rings. The smallest absolute Gasteiger partial charge is 0.128 e. The summed E-state index contributed by atoms with van der Waals surface area (Å²) in [7, 11) is 1.70. The lowest BCUT2D eigenvalue weighted by Crippen LogP contribution is -1.87. The summed E-state index contributed by atoms with van der Waals surface area (Å²) in [4.78, 5) is 3.23. The third-order valence-corrected chi connectivity index (χ3v) is 2.37. The summed E-state index contributed by atoms with van der Waals surface area (Å²) in [5.41, 5.74) is 2.53. The molecular formula is C11H13NO. The molecule has 2 rings (SSSR count). The summed E-state index contributed by atoms with van der Waals surface area (Å²) in [5.74, 6) is 0.938. The summed E-state index contributed by atoms with van der Waals surface area (Å²) < 4.78 is 5.27. The van der Waals surface area contributed by atoms with Crippen LogP contribution in [0.4, 0.5) is 0 Å². The van der Waals surface area contributed by atoms with Gasteiger partial charge >= 0.3 is 0 Å². The number of rotatable bonds is 2. The van der Waals surface area contributed by atoms with Crippen molar-refractivity contribution >= 4 is 10.9 Å². The first-order valence-electron chi connectivity index (χ1n) is 4.49. The molecule has 0 aliphatic rings. The van der Waals surface area contributed by atoms with Gasteiger partial charge in [0.2, 0.25) is 0 Å². The van der Waals surface area contributed by atoms with Gasteiger partial charge in [-0.2, -0.15) is 0 Å². The van der Waals surface area contributed by atoms with Gasteiger partial charge in [0.15, 0.2) is 0 Å². The van der Waals surface area contributed by atoms with Crippen molar-refractivity contribution in [1.29, 1.82) is 0 Å². The third kappa shape index (κ3) is 1.18. The van der Waals surface area contributed by atoms with Gasteiger partial charge in [0, 0.05) is 11.6 Å². The lowest BCUT2D eigenvalue weighted by Gasteiger charge is -2.04. The molecule has 0 amide bonds. The van der Waals surface area contributed by atoms with Gasteiger partial charge in [0.05, 0.1) is 12.6 Å². The third-order valence-electron chi connectivity index (χ3n) is 2.37. The molecule has 0 spiro atoms. The number of nitrogens with one attached hydrogen (secondary N) is 1. The predicted molar refractivity (Wildman–Crippen MR) is 54.2 cm³/mol.